The molecule has 7 nitrogen and oxygen atoms in total. The van der Waals surface area contributed by atoms with Crippen LogP contribution in [0.4, 0.5) is 0 Å². The Morgan fingerprint density at radius 2 is 1.84 bits per heavy atom. The number of carboxylic acid groups (broad SMARTS) is 1. The third-order valence-electron chi connectivity index (χ3n) is 8.93. The van der Waals surface area contributed by atoms with Crippen molar-refractivity contribution in [1.82, 2.24) is 0 Å². The minimum Gasteiger partial charge on any atom is -0.475 e. The topological polar surface area (TPSA) is 107 Å². The first-order chi connectivity index (χ1) is 14.7. The predicted molar refractivity (Wildman–Crippen MR) is 113 cm³/mol. The van der Waals surface area contributed by atoms with Crippen LogP contribution in [-0.4, -0.2) is 50.8 Å². The normalized spacial score (nSPS) is 48.4. The summed E-state index contributed by atoms with van der Waals surface area (Å²) in [6, 6.07) is 0. The molecule has 0 bridgehead atoms. The van der Waals surface area contributed by atoms with Gasteiger partial charge in [0.15, 0.2) is 23.0 Å². The molecule has 5 rings (SSSR count). The lowest BCUT2D eigenvalue weighted by Gasteiger charge is -2.60. The monoisotopic (exact) mass is 462 g/mol. The van der Waals surface area contributed by atoms with E-state index in [-0.39, 0.29) is 29.8 Å². The van der Waals surface area contributed by atoms with E-state index in [9.17, 15) is 24.3 Å². The van der Waals surface area contributed by atoms with Crippen molar-refractivity contribution in [2.75, 3.05) is 0 Å². The number of Topliss-reactive ketones (excluding diaryl/α,β-unsaturated/α-hetero) is 2. The Kier molecular flexibility index (Phi) is 4.25. The Morgan fingerprint density at radius 1 is 1.16 bits per heavy atom. The molecule has 172 valence electrons. The lowest BCUT2D eigenvalue weighted by molar-refractivity contribution is -0.213. The van der Waals surface area contributed by atoms with Crippen LogP contribution in [0.2, 0.25) is 0 Å². The molecule has 1 heterocycles. The van der Waals surface area contributed by atoms with Gasteiger partial charge >= 0.3 is 5.97 Å². The van der Waals surface area contributed by atoms with Gasteiger partial charge < -0.3 is 14.6 Å². The smallest absolute Gasteiger partial charge is 0.375 e. The van der Waals surface area contributed by atoms with E-state index >= 15 is 0 Å². The molecular weight excluding hydrogens is 436 g/mol. The van der Waals surface area contributed by atoms with Crippen molar-refractivity contribution in [3.05, 3.63) is 23.8 Å². The molecule has 8 heteroatoms. The van der Waals surface area contributed by atoms with Crippen molar-refractivity contribution < 1.29 is 33.8 Å². The zero-order valence-electron chi connectivity index (χ0n) is 18.6. The maximum Gasteiger partial charge on any atom is 0.375 e. The van der Waals surface area contributed by atoms with Crippen molar-refractivity contribution in [2.45, 2.75) is 75.7 Å². The second-order valence-electron chi connectivity index (χ2n) is 10.8. The van der Waals surface area contributed by atoms with E-state index < -0.39 is 44.9 Å². The number of carbonyl (C=O) groups is 4. The molecule has 0 unspecified atom stereocenters. The van der Waals surface area contributed by atoms with E-state index in [1.54, 1.807) is 32.9 Å². The van der Waals surface area contributed by atoms with Crippen LogP contribution in [0, 0.1) is 22.7 Å². The lowest BCUT2D eigenvalue weighted by atomic mass is 9.46. The van der Waals surface area contributed by atoms with Crippen molar-refractivity contribution in [1.29, 1.82) is 0 Å². The third-order valence-corrected chi connectivity index (χ3v) is 9.81. The Hall–Kier alpha value is -1.83. The number of ketones is 3. The average molecular weight is 463 g/mol. The predicted octanol–water partition coefficient (Wildman–Crippen LogP) is 2.99. The first-order valence-electron chi connectivity index (χ1n) is 11.0. The highest BCUT2D eigenvalue weighted by Gasteiger charge is 2.80. The number of hydrogen-bond acceptors (Lipinski definition) is 6. The molecule has 5 aliphatic rings. The molecule has 7 atom stereocenters. The Labute approximate surface area is 191 Å². The fourth-order valence-electron chi connectivity index (χ4n) is 7.59. The number of ether oxygens (including phenoxy) is 2. The van der Waals surface area contributed by atoms with Crippen LogP contribution in [0.25, 0.3) is 0 Å². The van der Waals surface area contributed by atoms with Crippen LogP contribution in [0.15, 0.2) is 23.8 Å². The van der Waals surface area contributed by atoms with Gasteiger partial charge in [-0.15, -0.1) is 11.6 Å². The molecule has 0 radical (unpaired) electrons. The Balaban J connectivity index is 1.66. The molecule has 4 fully saturated rings. The number of hydrogen-bond donors (Lipinski definition) is 1. The SMILES string of the molecule is CC1(C)O[C@@H]2C[C@H]3[C@@H]4CCC5=CC(=O)C=C[C@]5(C)[C@@]4(Cl)C(=O)C[C@]3(C)[C@]2(C(=O)C(=O)O)O1. The van der Waals surface area contributed by atoms with Gasteiger partial charge in [-0.05, 0) is 57.1 Å². The van der Waals surface area contributed by atoms with E-state index in [2.05, 4.69) is 0 Å². The number of carboxylic acids is 1. The van der Waals surface area contributed by atoms with Crippen molar-refractivity contribution in [3.63, 3.8) is 0 Å². The summed E-state index contributed by atoms with van der Waals surface area (Å²) >= 11 is 7.28. The lowest BCUT2D eigenvalue weighted by Crippen LogP contribution is -2.68. The van der Waals surface area contributed by atoms with Crippen LogP contribution < -0.4 is 0 Å². The number of fused-ring (bicyclic) bond motifs is 7. The number of aliphatic carboxylic acids is 1. The average Bonchev–Trinajstić information content (AvgIpc) is 3.09. The summed E-state index contributed by atoms with van der Waals surface area (Å²) in [5, 5.41) is 9.68. The van der Waals surface area contributed by atoms with Crippen LogP contribution >= 0.6 is 11.6 Å². The number of rotatable bonds is 2. The molecule has 1 aliphatic heterocycles. The molecule has 1 saturated heterocycles. The largest absolute Gasteiger partial charge is 0.475 e. The maximum atomic E-state index is 13.9. The number of allylic oxidation sites excluding steroid dienone is 4. The van der Waals surface area contributed by atoms with Crippen molar-refractivity contribution >= 4 is 34.9 Å². The summed E-state index contributed by atoms with van der Waals surface area (Å²) < 4.78 is 12.2. The number of halogens is 1. The van der Waals surface area contributed by atoms with Crippen LogP contribution in [0.3, 0.4) is 0 Å². The summed E-state index contributed by atoms with van der Waals surface area (Å²) in [5.41, 5.74) is -2.81. The fourth-order valence-corrected chi connectivity index (χ4v) is 8.11. The standard InChI is InChI=1S/C24H27ClO7/c1-20(2)31-17-10-15-14-6-5-12-9-13(26)7-8-21(12,3)23(14,25)16(27)11-22(15,4)24(17,32-20)18(28)19(29)30/h7-9,14-15,17H,5-6,10-11H2,1-4H3,(H,29,30)/t14-,15-,17+,21-,22-,23-,24-/m0/s1. The second-order valence-corrected chi connectivity index (χ2v) is 11.4. The van der Waals surface area contributed by atoms with Gasteiger partial charge in [0, 0.05) is 17.3 Å². The highest BCUT2D eigenvalue weighted by molar-refractivity contribution is 6.38. The van der Waals surface area contributed by atoms with Crippen LogP contribution in [0.1, 0.15) is 53.4 Å². The number of alkyl halides is 1. The zero-order valence-corrected chi connectivity index (χ0v) is 19.3. The summed E-state index contributed by atoms with van der Waals surface area (Å²) in [6.07, 6.45) is 5.44. The maximum absolute atomic E-state index is 13.9. The van der Waals surface area contributed by atoms with Crippen LogP contribution in [-0.2, 0) is 28.7 Å². The van der Waals surface area contributed by atoms with E-state index in [0.29, 0.717) is 19.3 Å². The highest BCUT2D eigenvalue weighted by Crippen LogP contribution is 2.72. The summed E-state index contributed by atoms with van der Waals surface area (Å²) in [6.45, 7) is 6.98. The quantitative estimate of drug-likeness (QED) is 0.496. The summed E-state index contributed by atoms with van der Waals surface area (Å²) in [5.74, 6) is -4.76. The fraction of sp³-hybridized carbons (Fsp3) is 0.667. The van der Waals surface area contributed by atoms with Crippen molar-refractivity contribution in [3.8, 4) is 0 Å². The van der Waals surface area contributed by atoms with Gasteiger partial charge in [0.1, 0.15) is 4.87 Å². The highest BCUT2D eigenvalue weighted by atomic mass is 35.5. The van der Waals surface area contributed by atoms with Gasteiger partial charge in [-0.2, -0.15) is 0 Å². The van der Waals surface area contributed by atoms with Crippen LogP contribution in [0.5, 0.6) is 0 Å². The third kappa shape index (κ3) is 2.30. The van der Waals surface area contributed by atoms with Gasteiger partial charge in [-0.3, -0.25) is 14.4 Å². The molecule has 0 amide bonds. The van der Waals surface area contributed by atoms with Gasteiger partial charge in [-0.1, -0.05) is 25.5 Å². The van der Waals surface area contributed by atoms with Crippen molar-refractivity contribution in [2.24, 2.45) is 22.7 Å². The van der Waals surface area contributed by atoms with Gasteiger partial charge in [0.25, 0.3) is 5.78 Å². The van der Waals surface area contributed by atoms with Gasteiger partial charge in [0.2, 0.25) is 0 Å². The Bertz CT molecular complexity index is 1040. The number of carbonyl (C=O) groups excluding carboxylic acids is 3. The molecule has 0 aromatic rings. The molecular formula is C24H27ClO7. The molecule has 3 saturated carbocycles. The first-order valence-corrected chi connectivity index (χ1v) is 11.4. The Morgan fingerprint density at radius 3 is 2.50 bits per heavy atom. The first kappa shape index (κ1) is 22.0. The molecule has 32 heavy (non-hydrogen) atoms. The van der Waals surface area contributed by atoms with E-state index in [1.807, 2.05) is 6.92 Å². The summed E-state index contributed by atoms with van der Waals surface area (Å²) in [7, 11) is 0. The molecule has 0 spiro atoms. The molecule has 0 aromatic heterocycles. The molecule has 0 aromatic carbocycles. The van der Waals surface area contributed by atoms with E-state index in [0.717, 1.165) is 5.57 Å². The summed E-state index contributed by atoms with van der Waals surface area (Å²) in [4.78, 5) is 49.7. The zero-order chi connectivity index (χ0) is 23.5. The minimum absolute atomic E-state index is 0.0999. The van der Waals surface area contributed by atoms with Gasteiger partial charge in [0.05, 0.1) is 6.10 Å². The minimum atomic E-state index is -1.75. The van der Waals surface area contributed by atoms with E-state index in [1.165, 1.54) is 6.08 Å². The van der Waals surface area contributed by atoms with Gasteiger partial charge in [-0.25, -0.2) is 4.79 Å². The second kappa shape index (κ2) is 6.19. The van der Waals surface area contributed by atoms with E-state index in [4.69, 9.17) is 21.1 Å². The molecule has 1 N–H and O–H groups in total. The molecule has 4 aliphatic carbocycles.